The van der Waals surface area contributed by atoms with Crippen molar-refractivity contribution < 1.29 is 23.9 Å². The molecule has 2 aromatic carbocycles. The number of hydrogen-bond donors (Lipinski definition) is 1. The molecule has 0 bridgehead atoms. The quantitative estimate of drug-likeness (QED) is 0.592. The van der Waals surface area contributed by atoms with Crippen molar-refractivity contribution in [2.45, 2.75) is 25.7 Å². The van der Waals surface area contributed by atoms with E-state index in [2.05, 4.69) is 5.32 Å². The first-order valence-corrected chi connectivity index (χ1v) is 10.4. The third-order valence-corrected chi connectivity index (χ3v) is 6.12. The highest BCUT2D eigenvalue weighted by Gasteiger charge is 2.36. The van der Waals surface area contributed by atoms with Crippen molar-refractivity contribution in [2.75, 3.05) is 18.6 Å². The van der Waals surface area contributed by atoms with Crippen molar-refractivity contribution in [1.82, 2.24) is 5.32 Å². The number of methoxy groups -OCH3 is 1. The molecule has 1 fully saturated rings. The Labute approximate surface area is 180 Å². The molecule has 1 aliphatic carbocycles. The van der Waals surface area contributed by atoms with Crippen LogP contribution in [0.25, 0.3) is 0 Å². The van der Waals surface area contributed by atoms with Gasteiger partial charge in [0, 0.05) is 12.1 Å². The van der Waals surface area contributed by atoms with Gasteiger partial charge in [0.2, 0.25) is 0 Å². The van der Waals surface area contributed by atoms with Gasteiger partial charge in [-0.2, -0.15) is 0 Å². The lowest BCUT2D eigenvalue weighted by atomic mass is 9.79. The van der Waals surface area contributed by atoms with Gasteiger partial charge in [0.15, 0.2) is 0 Å². The molecule has 7 nitrogen and oxygen atoms in total. The molecular formula is C24H24N2O5. The number of carbonyl (C=O) groups is 4. The number of rotatable bonds is 5. The van der Waals surface area contributed by atoms with Gasteiger partial charge in [-0.15, -0.1) is 0 Å². The van der Waals surface area contributed by atoms with Crippen molar-refractivity contribution in [3.05, 3.63) is 65.2 Å². The van der Waals surface area contributed by atoms with E-state index >= 15 is 0 Å². The van der Waals surface area contributed by atoms with Gasteiger partial charge in [0.25, 0.3) is 17.7 Å². The van der Waals surface area contributed by atoms with E-state index in [1.165, 1.54) is 7.11 Å². The topological polar surface area (TPSA) is 92.8 Å². The first kappa shape index (κ1) is 20.8. The van der Waals surface area contributed by atoms with E-state index in [1.807, 2.05) is 0 Å². The van der Waals surface area contributed by atoms with Gasteiger partial charge in [-0.3, -0.25) is 19.2 Å². The molecule has 2 aliphatic rings. The number of fused-ring (bicyclic) bond motifs is 1. The summed E-state index contributed by atoms with van der Waals surface area (Å²) in [4.78, 5) is 50.9. The first-order valence-electron chi connectivity index (χ1n) is 10.4. The minimum Gasteiger partial charge on any atom is -0.469 e. The van der Waals surface area contributed by atoms with Crippen molar-refractivity contribution in [3.63, 3.8) is 0 Å². The summed E-state index contributed by atoms with van der Waals surface area (Å²) >= 11 is 0. The summed E-state index contributed by atoms with van der Waals surface area (Å²) in [6.45, 7) is 0.402. The molecule has 2 atom stereocenters. The Morgan fingerprint density at radius 2 is 1.58 bits per heavy atom. The SMILES string of the molecule is COC(=O)C1CCCCC1CNC(=O)c1ccc(N2C(=O)c3ccccc3C2=O)cc1. The van der Waals surface area contributed by atoms with E-state index in [1.54, 1.807) is 48.5 Å². The minimum atomic E-state index is -0.371. The number of nitrogens with zero attached hydrogens (tertiary/aromatic N) is 1. The summed E-state index contributed by atoms with van der Waals surface area (Å²) in [6, 6.07) is 13.1. The lowest BCUT2D eigenvalue weighted by molar-refractivity contribution is -0.148. The van der Waals surface area contributed by atoms with Crippen molar-refractivity contribution >= 4 is 29.4 Å². The maximum Gasteiger partial charge on any atom is 0.309 e. The summed E-state index contributed by atoms with van der Waals surface area (Å²) in [6.07, 6.45) is 3.67. The minimum absolute atomic E-state index is 0.0581. The maximum atomic E-state index is 12.6. The van der Waals surface area contributed by atoms with E-state index < -0.39 is 0 Å². The van der Waals surface area contributed by atoms with Crippen LogP contribution in [0.2, 0.25) is 0 Å². The predicted molar refractivity (Wildman–Crippen MR) is 114 cm³/mol. The van der Waals surface area contributed by atoms with Crippen LogP contribution >= 0.6 is 0 Å². The lowest BCUT2D eigenvalue weighted by Crippen LogP contribution is -2.37. The molecule has 2 unspecified atom stereocenters. The number of imide groups is 1. The van der Waals surface area contributed by atoms with E-state index in [-0.39, 0.29) is 35.5 Å². The van der Waals surface area contributed by atoms with Crippen molar-refractivity contribution in [3.8, 4) is 0 Å². The van der Waals surface area contributed by atoms with Gasteiger partial charge in [0.1, 0.15) is 0 Å². The van der Waals surface area contributed by atoms with Gasteiger partial charge in [-0.25, -0.2) is 4.90 Å². The number of amides is 3. The third kappa shape index (κ3) is 3.95. The van der Waals surface area contributed by atoms with Crippen LogP contribution in [0.15, 0.2) is 48.5 Å². The van der Waals surface area contributed by atoms with Crippen LogP contribution in [0.4, 0.5) is 5.69 Å². The van der Waals surface area contributed by atoms with Gasteiger partial charge in [-0.05, 0) is 55.2 Å². The van der Waals surface area contributed by atoms with Crippen molar-refractivity contribution in [1.29, 1.82) is 0 Å². The largest absolute Gasteiger partial charge is 0.469 e. The Morgan fingerprint density at radius 1 is 0.968 bits per heavy atom. The summed E-state index contributed by atoms with van der Waals surface area (Å²) in [5, 5.41) is 2.90. The van der Waals surface area contributed by atoms with E-state index in [9.17, 15) is 19.2 Å². The highest BCUT2D eigenvalue weighted by molar-refractivity contribution is 6.34. The lowest BCUT2D eigenvalue weighted by Gasteiger charge is -2.29. The highest BCUT2D eigenvalue weighted by atomic mass is 16.5. The van der Waals surface area contributed by atoms with Crippen LogP contribution in [0, 0.1) is 11.8 Å². The number of carbonyl (C=O) groups excluding carboxylic acids is 4. The van der Waals surface area contributed by atoms with E-state index in [0.29, 0.717) is 28.9 Å². The highest BCUT2D eigenvalue weighted by Crippen LogP contribution is 2.31. The molecule has 0 aromatic heterocycles. The normalized spacial score (nSPS) is 20.4. The molecule has 4 rings (SSSR count). The number of benzene rings is 2. The Bertz CT molecular complexity index is 996. The number of nitrogens with one attached hydrogen (secondary N) is 1. The van der Waals surface area contributed by atoms with Crippen LogP contribution < -0.4 is 10.2 Å². The third-order valence-electron chi connectivity index (χ3n) is 6.12. The molecule has 1 N–H and O–H groups in total. The van der Waals surface area contributed by atoms with Crippen molar-refractivity contribution in [2.24, 2.45) is 11.8 Å². The molecule has 3 amide bonds. The average molecular weight is 420 g/mol. The Balaban J connectivity index is 1.42. The van der Waals surface area contributed by atoms with Crippen LogP contribution in [0.3, 0.4) is 0 Å². The molecule has 0 radical (unpaired) electrons. The Kier molecular flexibility index (Phi) is 5.84. The summed E-state index contributed by atoms with van der Waals surface area (Å²) < 4.78 is 4.90. The zero-order valence-corrected chi connectivity index (χ0v) is 17.3. The number of ether oxygens (including phenoxy) is 1. The van der Waals surface area contributed by atoms with Crippen LogP contribution in [-0.4, -0.2) is 37.3 Å². The molecule has 1 saturated carbocycles. The average Bonchev–Trinajstić information content (AvgIpc) is 3.07. The second-order valence-electron chi connectivity index (χ2n) is 7.92. The molecule has 2 aromatic rings. The predicted octanol–water partition coefficient (Wildman–Crippen LogP) is 3.20. The van der Waals surface area contributed by atoms with Gasteiger partial charge >= 0.3 is 5.97 Å². The fraction of sp³-hybridized carbons (Fsp3) is 0.333. The molecular weight excluding hydrogens is 396 g/mol. The molecule has 1 aliphatic heterocycles. The Morgan fingerprint density at radius 3 is 2.19 bits per heavy atom. The Hall–Kier alpha value is -3.48. The van der Waals surface area contributed by atoms with Gasteiger partial charge in [-0.1, -0.05) is 25.0 Å². The molecule has 7 heteroatoms. The zero-order valence-electron chi connectivity index (χ0n) is 17.3. The van der Waals surface area contributed by atoms with Gasteiger partial charge in [0.05, 0.1) is 29.8 Å². The smallest absolute Gasteiger partial charge is 0.309 e. The zero-order chi connectivity index (χ0) is 22.0. The molecule has 0 saturated heterocycles. The molecule has 0 spiro atoms. The second-order valence-corrected chi connectivity index (χ2v) is 7.92. The fourth-order valence-corrected chi connectivity index (χ4v) is 4.43. The van der Waals surface area contributed by atoms with E-state index in [0.717, 1.165) is 30.6 Å². The molecule has 31 heavy (non-hydrogen) atoms. The first-order chi connectivity index (χ1) is 15.0. The van der Waals surface area contributed by atoms with Crippen LogP contribution in [0.1, 0.15) is 56.8 Å². The summed E-state index contributed by atoms with van der Waals surface area (Å²) in [7, 11) is 1.39. The number of hydrogen-bond acceptors (Lipinski definition) is 5. The summed E-state index contributed by atoms with van der Waals surface area (Å²) in [5.74, 6) is -1.35. The monoisotopic (exact) mass is 420 g/mol. The second kappa shape index (κ2) is 8.71. The molecule has 160 valence electrons. The standard InChI is InChI=1S/C24H24N2O5/c1-31-24(30)18-7-3-2-6-16(18)14-25-21(27)15-10-12-17(13-11-15)26-22(28)19-8-4-5-9-20(19)23(26)29/h4-5,8-13,16,18H,2-3,6-7,14H2,1H3,(H,25,27). The maximum absolute atomic E-state index is 12.6. The van der Waals surface area contributed by atoms with E-state index in [4.69, 9.17) is 4.74 Å². The van der Waals surface area contributed by atoms with Crippen LogP contribution in [0.5, 0.6) is 0 Å². The number of anilines is 1. The van der Waals surface area contributed by atoms with Gasteiger partial charge < -0.3 is 10.1 Å². The fourth-order valence-electron chi connectivity index (χ4n) is 4.43. The summed E-state index contributed by atoms with van der Waals surface area (Å²) in [5.41, 5.74) is 1.59. The molecule has 1 heterocycles. The van der Waals surface area contributed by atoms with Crippen LogP contribution in [-0.2, 0) is 9.53 Å². The number of esters is 1.